The Bertz CT molecular complexity index is 253. The molecule has 0 aliphatic rings. The van der Waals surface area contributed by atoms with E-state index in [-0.39, 0.29) is 5.75 Å². The Kier molecular flexibility index (Phi) is 1.83. The molecule has 0 aliphatic carbocycles. The summed E-state index contributed by atoms with van der Waals surface area (Å²) in [6.07, 6.45) is 2.86. The van der Waals surface area contributed by atoms with E-state index in [0.29, 0.717) is 5.56 Å². The van der Waals surface area contributed by atoms with E-state index < -0.39 is 5.60 Å². The fourth-order valence-corrected chi connectivity index (χ4v) is 0.762. The van der Waals surface area contributed by atoms with Crippen LogP contribution in [-0.2, 0) is 5.60 Å². The summed E-state index contributed by atoms with van der Waals surface area (Å²) in [5.41, 5.74) is -0.330. The molecule has 0 spiro atoms. The van der Waals surface area contributed by atoms with Crippen LogP contribution < -0.4 is 0 Å². The predicted octanol–water partition coefficient (Wildman–Crippen LogP) is 1.01. The molecule has 1 rings (SSSR count). The molecule has 11 heavy (non-hydrogen) atoms. The number of pyridine rings is 1. The lowest BCUT2D eigenvalue weighted by atomic mass is 10.0. The maximum atomic E-state index is 9.46. The molecule has 0 amide bonds. The second kappa shape index (κ2) is 2.51. The first-order valence-electron chi connectivity index (χ1n) is 3.37. The second-order valence-corrected chi connectivity index (χ2v) is 2.99. The smallest absolute Gasteiger partial charge is 0.134 e. The Morgan fingerprint density at radius 3 is 2.36 bits per heavy atom. The highest BCUT2D eigenvalue weighted by atomic mass is 16.3. The molecular formula is C8H11NO2. The molecule has 0 saturated heterocycles. The van der Waals surface area contributed by atoms with Gasteiger partial charge in [0, 0.05) is 11.8 Å². The Labute approximate surface area is 65.3 Å². The molecule has 0 bridgehead atoms. The Morgan fingerprint density at radius 2 is 2.00 bits per heavy atom. The van der Waals surface area contributed by atoms with Crippen molar-refractivity contribution in [3.05, 3.63) is 24.0 Å². The SMILES string of the molecule is CC(C)(O)c1cncc(O)c1. The van der Waals surface area contributed by atoms with Gasteiger partial charge in [-0.05, 0) is 19.9 Å². The second-order valence-electron chi connectivity index (χ2n) is 2.99. The third kappa shape index (κ3) is 1.91. The largest absolute Gasteiger partial charge is 0.506 e. The first kappa shape index (κ1) is 8.01. The highest BCUT2D eigenvalue weighted by Crippen LogP contribution is 2.21. The van der Waals surface area contributed by atoms with E-state index in [4.69, 9.17) is 5.11 Å². The van der Waals surface area contributed by atoms with E-state index in [2.05, 4.69) is 4.98 Å². The number of nitrogens with zero attached hydrogens (tertiary/aromatic N) is 1. The number of aromatic nitrogens is 1. The van der Waals surface area contributed by atoms with Gasteiger partial charge in [-0.2, -0.15) is 0 Å². The van der Waals surface area contributed by atoms with Gasteiger partial charge in [-0.25, -0.2) is 0 Å². The van der Waals surface area contributed by atoms with Crippen molar-refractivity contribution >= 4 is 0 Å². The maximum absolute atomic E-state index is 9.46. The lowest BCUT2D eigenvalue weighted by Crippen LogP contribution is -2.15. The lowest BCUT2D eigenvalue weighted by molar-refractivity contribution is 0.0779. The molecule has 0 radical (unpaired) electrons. The van der Waals surface area contributed by atoms with Crippen molar-refractivity contribution < 1.29 is 10.2 Å². The third-order valence-electron chi connectivity index (χ3n) is 1.43. The summed E-state index contributed by atoms with van der Waals surface area (Å²) in [6.45, 7) is 3.28. The number of hydrogen-bond acceptors (Lipinski definition) is 3. The van der Waals surface area contributed by atoms with Crippen molar-refractivity contribution in [3.8, 4) is 5.75 Å². The predicted molar refractivity (Wildman–Crippen MR) is 41.1 cm³/mol. The van der Waals surface area contributed by atoms with E-state index in [1.807, 2.05) is 0 Å². The molecule has 1 aromatic heterocycles. The van der Waals surface area contributed by atoms with Crippen molar-refractivity contribution in [1.29, 1.82) is 0 Å². The van der Waals surface area contributed by atoms with Crippen LogP contribution in [0.5, 0.6) is 5.75 Å². The van der Waals surface area contributed by atoms with Gasteiger partial charge < -0.3 is 10.2 Å². The van der Waals surface area contributed by atoms with Gasteiger partial charge in [0.15, 0.2) is 0 Å². The van der Waals surface area contributed by atoms with Crippen LogP contribution >= 0.6 is 0 Å². The normalized spacial score (nSPS) is 11.5. The van der Waals surface area contributed by atoms with E-state index in [9.17, 15) is 5.11 Å². The summed E-state index contributed by atoms with van der Waals surface area (Å²) in [5.74, 6) is 0.0737. The zero-order valence-electron chi connectivity index (χ0n) is 6.57. The van der Waals surface area contributed by atoms with Crippen LogP contribution in [0.15, 0.2) is 18.5 Å². The highest BCUT2D eigenvalue weighted by molar-refractivity contribution is 5.25. The number of aliphatic hydroxyl groups is 1. The molecule has 0 saturated carbocycles. The van der Waals surface area contributed by atoms with E-state index in [0.717, 1.165) is 0 Å². The summed E-state index contributed by atoms with van der Waals surface area (Å²) >= 11 is 0. The molecule has 3 heteroatoms. The molecule has 0 aromatic carbocycles. The summed E-state index contributed by atoms with van der Waals surface area (Å²) < 4.78 is 0. The van der Waals surface area contributed by atoms with Crippen LogP contribution in [0.3, 0.4) is 0 Å². The molecule has 0 aliphatic heterocycles. The molecule has 3 nitrogen and oxygen atoms in total. The van der Waals surface area contributed by atoms with Gasteiger partial charge in [0.05, 0.1) is 11.8 Å². The van der Waals surface area contributed by atoms with Crippen LogP contribution in [0.25, 0.3) is 0 Å². The van der Waals surface area contributed by atoms with E-state index in [1.54, 1.807) is 13.8 Å². The molecule has 0 atom stereocenters. The van der Waals surface area contributed by atoms with Gasteiger partial charge in [-0.15, -0.1) is 0 Å². The Balaban J connectivity index is 3.06. The molecule has 60 valence electrons. The minimum atomic E-state index is -0.939. The topological polar surface area (TPSA) is 53.4 Å². The third-order valence-corrected chi connectivity index (χ3v) is 1.43. The van der Waals surface area contributed by atoms with Crippen molar-refractivity contribution in [2.24, 2.45) is 0 Å². The van der Waals surface area contributed by atoms with Crippen LogP contribution in [0.2, 0.25) is 0 Å². The molecular weight excluding hydrogens is 142 g/mol. The quantitative estimate of drug-likeness (QED) is 0.633. The van der Waals surface area contributed by atoms with Gasteiger partial charge in [0.2, 0.25) is 0 Å². The van der Waals surface area contributed by atoms with Crippen molar-refractivity contribution in [3.63, 3.8) is 0 Å². The van der Waals surface area contributed by atoms with Gasteiger partial charge in [-0.3, -0.25) is 4.98 Å². The number of hydrogen-bond donors (Lipinski definition) is 2. The summed E-state index contributed by atoms with van der Waals surface area (Å²) in [4.78, 5) is 3.74. The van der Waals surface area contributed by atoms with Gasteiger partial charge in [0.25, 0.3) is 0 Å². The van der Waals surface area contributed by atoms with Gasteiger partial charge in [0.1, 0.15) is 5.75 Å². The fraction of sp³-hybridized carbons (Fsp3) is 0.375. The first-order chi connectivity index (χ1) is 5.00. The van der Waals surface area contributed by atoms with Crippen LogP contribution in [0.1, 0.15) is 19.4 Å². The Morgan fingerprint density at radius 1 is 1.36 bits per heavy atom. The van der Waals surface area contributed by atoms with Gasteiger partial charge in [-0.1, -0.05) is 0 Å². The lowest BCUT2D eigenvalue weighted by Gasteiger charge is -2.16. The standard InChI is InChI=1S/C8H11NO2/c1-8(2,11)6-3-7(10)5-9-4-6/h3-5,10-11H,1-2H3. The molecule has 1 heterocycles. The zero-order chi connectivity index (χ0) is 8.48. The molecule has 1 aromatic rings. The zero-order valence-corrected chi connectivity index (χ0v) is 6.57. The minimum Gasteiger partial charge on any atom is -0.506 e. The average molecular weight is 153 g/mol. The van der Waals surface area contributed by atoms with Crippen LogP contribution in [0, 0.1) is 0 Å². The number of aromatic hydroxyl groups is 1. The van der Waals surface area contributed by atoms with Gasteiger partial charge >= 0.3 is 0 Å². The monoisotopic (exact) mass is 153 g/mol. The van der Waals surface area contributed by atoms with Crippen LogP contribution in [-0.4, -0.2) is 15.2 Å². The van der Waals surface area contributed by atoms with E-state index in [1.165, 1.54) is 18.5 Å². The summed E-state index contributed by atoms with van der Waals surface area (Å²) in [7, 11) is 0. The molecule has 0 fully saturated rings. The average Bonchev–Trinajstić information content (AvgIpc) is 1.86. The van der Waals surface area contributed by atoms with Crippen molar-refractivity contribution in [2.75, 3.05) is 0 Å². The summed E-state index contributed by atoms with van der Waals surface area (Å²) in [6, 6.07) is 1.49. The van der Waals surface area contributed by atoms with E-state index >= 15 is 0 Å². The molecule has 0 unspecified atom stereocenters. The highest BCUT2D eigenvalue weighted by Gasteiger charge is 2.16. The molecule has 2 N–H and O–H groups in total. The van der Waals surface area contributed by atoms with Crippen molar-refractivity contribution in [2.45, 2.75) is 19.4 Å². The summed E-state index contributed by atoms with van der Waals surface area (Å²) in [5, 5.41) is 18.5. The first-order valence-corrected chi connectivity index (χ1v) is 3.37. The number of rotatable bonds is 1. The minimum absolute atomic E-state index is 0.0737. The maximum Gasteiger partial charge on any atom is 0.134 e. The fourth-order valence-electron chi connectivity index (χ4n) is 0.762. The van der Waals surface area contributed by atoms with Crippen molar-refractivity contribution in [1.82, 2.24) is 4.98 Å². The van der Waals surface area contributed by atoms with Crippen LogP contribution in [0.4, 0.5) is 0 Å². The Hall–Kier alpha value is -1.09.